The highest BCUT2D eigenvalue weighted by Gasteiger charge is 2.30. The fourth-order valence-corrected chi connectivity index (χ4v) is 4.53. The van der Waals surface area contributed by atoms with Gasteiger partial charge in [-0.2, -0.15) is 0 Å². The van der Waals surface area contributed by atoms with Gasteiger partial charge in [0.2, 0.25) is 5.91 Å². The van der Waals surface area contributed by atoms with Crippen molar-refractivity contribution in [1.82, 2.24) is 4.90 Å². The highest BCUT2D eigenvalue weighted by atomic mass is 35.5. The van der Waals surface area contributed by atoms with E-state index in [4.69, 9.17) is 0 Å². The van der Waals surface area contributed by atoms with Crippen LogP contribution >= 0.6 is 23.7 Å². The molecule has 3 nitrogen and oxygen atoms in total. The van der Waals surface area contributed by atoms with Crippen LogP contribution in [0.2, 0.25) is 0 Å². The predicted octanol–water partition coefficient (Wildman–Crippen LogP) is 4.85. The summed E-state index contributed by atoms with van der Waals surface area (Å²) in [5.74, 6) is 0.231. The molecule has 0 radical (unpaired) electrons. The number of benzene rings is 1. The molecule has 2 heterocycles. The zero-order valence-electron chi connectivity index (χ0n) is 15.9. The van der Waals surface area contributed by atoms with E-state index in [2.05, 4.69) is 54.8 Å². The van der Waals surface area contributed by atoms with Crippen LogP contribution in [0.5, 0.6) is 0 Å². The van der Waals surface area contributed by atoms with Crippen molar-refractivity contribution in [2.24, 2.45) is 0 Å². The molecule has 0 spiro atoms. The lowest BCUT2D eigenvalue weighted by Gasteiger charge is -2.39. The highest BCUT2D eigenvalue weighted by molar-refractivity contribution is 7.10. The third-order valence-electron chi connectivity index (χ3n) is 5.22. The zero-order valence-corrected chi connectivity index (χ0v) is 17.5. The SMILES string of the molecule is CCN1CCC(N(C(=O)Cc2cccs2)c2c(C)cccc2C)CC1.Cl. The maximum Gasteiger partial charge on any atom is 0.232 e. The van der Waals surface area contributed by atoms with E-state index in [9.17, 15) is 4.79 Å². The summed E-state index contributed by atoms with van der Waals surface area (Å²) >= 11 is 1.67. The Morgan fingerprint density at radius 2 is 1.81 bits per heavy atom. The molecule has 5 heteroatoms. The molecule has 0 bridgehead atoms. The Kier molecular flexibility index (Phi) is 7.69. The minimum absolute atomic E-state index is 0. The van der Waals surface area contributed by atoms with Gasteiger partial charge in [0.15, 0.2) is 0 Å². The molecular weight excluding hydrogens is 364 g/mol. The Morgan fingerprint density at radius 1 is 1.15 bits per heavy atom. The van der Waals surface area contributed by atoms with Crippen LogP contribution < -0.4 is 4.90 Å². The van der Waals surface area contributed by atoms with Gasteiger partial charge >= 0.3 is 0 Å². The molecule has 1 aliphatic rings. The van der Waals surface area contributed by atoms with Crippen molar-refractivity contribution >= 4 is 35.3 Å². The smallest absolute Gasteiger partial charge is 0.232 e. The van der Waals surface area contributed by atoms with Crippen LogP contribution in [-0.2, 0) is 11.2 Å². The molecule has 1 fully saturated rings. The number of piperidine rings is 1. The average molecular weight is 393 g/mol. The lowest BCUT2D eigenvalue weighted by atomic mass is 9.98. The second-order valence-electron chi connectivity index (χ2n) is 6.93. The van der Waals surface area contributed by atoms with Crippen molar-refractivity contribution < 1.29 is 4.79 Å². The molecule has 1 saturated heterocycles. The number of thiophene rings is 1. The second-order valence-corrected chi connectivity index (χ2v) is 7.96. The van der Waals surface area contributed by atoms with Crippen LogP contribution in [0.15, 0.2) is 35.7 Å². The monoisotopic (exact) mass is 392 g/mol. The van der Waals surface area contributed by atoms with Gasteiger partial charge in [-0.25, -0.2) is 0 Å². The molecule has 1 amide bonds. The molecule has 1 aromatic carbocycles. The van der Waals surface area contributed by atoms with E-state index in [0.717, 1.165) is 43.0 Å². The number of carbonyl (C=O) groups excluding carboxylic acids is 1. The van der Waals surface area contributed by atoms with Gasteiger partial charge in [0, 0.05) is 29.7 Å². The molecular formula is C21H29ClN2OS. The molecule has 26 heavy (non-hydrogen) atoms. The fraction of sp³-hybridized carbons (Fsp3) is 0.476. The lowest BCUT2D eigenvalue weighted by Crippen LogP contribution is -2.48. The molecule has 1 aromatic heterocycles. The second kappa shape index (κ2) is 9.54. The topological polar surface area (TPSA) is 23.6 Å². The van der Waals surface area contributed by atoms with Crippen LogP contribution in [-0.4, -0.2) is 36.5 Å². The normalized spacial score (nSPS) is 15.5. The van der Waals surface area contributed by atoms with E-state index >= 15 is 0 Å². The van der Waals surface area contributed by atoms with Crippen LogP contribution in [0, 0.1) is 13.8 Å². The number of carbonyl (C=O) groups is 1. The van der Waals surface area contributed by atoms with Gasteiger partial charge in [-0.1, -0.05) is 31.2 Å². The van der Waals surface area contributed by atoms with Crippen molar-refractivity contribution in [1.29, 1.82) is 0 Å². The molecule has 3 rings (SSSR count). The third kappa shape index (κ3) is 4.67. The van der Waals surface area contributed by atoms with Crippen LogP contribution in [0.25, 0.3) is 0 Å². The number of halogens is 1. The van der Waals surface area contributed by atoms with Crippen molar-refractivity contribution in [2.75, 3.05) is 24.5 Å². The minimum Gasteiger partial charge on any atom is -0.308 e. The van der Waals surface area contributed by atoms with E-state index in [1.54, 1.807) is 11.3 Å². The van der Waals surface area contributed by atoms with Crippen molar-refractivity contribution in [3.05, 3.63) is 51.7 Å². The summed E-state index contributed by atoms with van der Waals surface area (Å²) in [7, 11) is 0. The van der Waals surface area contributed by atoms with E-state index < -0.39 is 0 Å². The molecule has 0 unspecified atom stereocenters. The van der Waals surface area contributed by atoms with Gasteiger partial charge < -0.3 is 9.80 Å². The number of likely N-dealkylation sites (tertiary alicyclic amines) is 1. The first kappa shape index (κ1) is 20.9. The maximum absolute atomic E-state index is 13.3. The molecule has 0 saturated carbocycles. The minimum atomic E-state index is 0. The van der Waals surface area contributed by atoms with Crippen molar-refractivity contribution in [3.8, 4) is 0 Å². The van der Waals surface area contributed by atoms with Gasteiger partial charge in [-0.05, 0) is 55.8 Å². The molecule has 2 aromatic rings. The number of nitrogens with zero attached hydrogens (tertiary/aromatic N) is 2. The van der Waals surface area contributed by atoms with E-state index in [1.807, 2.05) is 11.4 Å². The summed E-state index contributed by atoms with van der Waals surface area (Å²) in [6.45, 7) is 9.71. The summed E-state index contributed by atoms with van der Waals surface area (Å²) in [6, 6.07) is 10.7. The molecule has 0 aliphatic carbocycles. The Balaban J connectivity index is 0.00000243. The number of para-hydroxylation sites is 1. The number of aryl methyl sites for hydroxylation is 2. The van der Waals surface area contributed by atoms with Gasteiger partial charge in [-0.3, -0.25) is 4.79 Å². The average Bonchev–Trinajstić information content (AvgIpc) is 3.11. The summed E-state index contributed by atoms with van der Waals surface area (Å²) < 4.78 is 0. The van der Waals surface area contributed by atoms with Gasteiger partial charge in [0.05, 0.1) is 6.42 Å². The Hall–Kier alpha value is -1.36. The summed E-state index contributed by atoms with van der Waals surface area (Å²) in [5.41, 5.74) is 3.51. The Labute approximate surface area is 167 Å². The van der Waals surface area contributed by atoms with E-state index in [1.165, 1.54) is 11.1 Å². The number of anilines is 1. The summed E-state index contributed by atoms with van der Waals surface area (Å²) in [5, 5.41) is 2.05. The maximum atomic E-state index is 13.3. The van der Waals surface area contributed by atoms with Crippen molar-refractivity contribution in [2.45, 2.75) is 46.1 Å². The first-order chi connectivity index (χ1) is 12.1. The Bertz CT molecular complexity index is 689. The first-order valence-electron chi connectivity index (χ1n) is 9.23. The fourth-order valence-electron chi connectivity index (χ4n) is 3.84. The zero-order chi connectivity index (χ0) is 17.8. The standard InChI is InChI=1S/C21H28N2OS.ClH/c1-4-22-12-10-18(11-13-22)23(20(24)15-19-9-6-14-25-19)21-16(2)7-5-8-17(21)3;/h5-9,14,18H,4,10-13,15H2,1-3H3;1H. The number of rotatable bonds is 5. The Morgan fingerprint density at radius 3 is 2.35 bits per heavy atom. The predicted molar refractivity (Wildman–Crippen MR) is 114 cm³/mol. The largest absolute Gasteiger partial charge is 0.308 e. The van der Waals surface area contributed by atoms with E-state index in [-0.39, 0.29) is 18.3 Å². The first-order valence-corrected chi connectivity index (χ1v) is 10.1. The highest BCUT2D eigenvalue weighted by Crippen LogP contribution is 2.31. The quantitative estimate of drug-likeness (QED) is 0.726. The van der Waals surface area contributed by atoms with Crippen molar-refractivity contribution in [3.63, 3.8) is 0 Å². The third-order valence-corrected chi connectivity index (χ3v) is 6.10. The molecule has 1 aliphatic heterocycles. The van der Waals surface area contributed by atoms with E-state index in [0.29, 0.717) is 12.5 Å². The molecule has 142 valence electrons. The summed E-state index contributed by atoms with van der Waals surface area (Å²) in [4.78, 5) is 19.0. The molecule has 0 atom stereocenters. The summed E-state index contributed by atoms with van der Waals surface area (Å²) in [6.07, 6.45) is 2.61. The van der Waals surface area contributed by atoms with Crippen LogP contribution in [0.4, 0.5) is 5.69 Å². The van der Waals surface area contributed by atoms with Gasteiger partial charge in [0.1, 0.15) is 0 Å². The van der Waals surface area contributed by atoms with Gasteiger partial charge in [-0.15, -0.1) is 23.7 Å². The lowest BCUT2D eigenvalue weighted by molar-refractivity contribution is -0.118. The van der Waals surface area contributed by atoms with Crippen LogP contribution in [0.3, 0.4) is 0 Å². The number of hydrogen-bond acceptors (Lipinski definition) is 3. The number of amides is 1. The number of hydrogen-bond donors (Lipinski definition) is 0. The van der Waals surface area contributed by atoms with Gasteiger partial charge in [0.25, 0.3) is 0 Å². The molecule has 0 N–H and O–H groups in total. The van der Waals surface area contributed by atoms with Crippen LogP contribution in [0.1, 0.15) is 35.8 Å².